The Morgan fingerprint density at radius 3 is 2.50 bits per heavy atom. The molecule has 0 amide bonds. The molecule has 4 aromatic heterocycles. The van der Waals surface area contributed by atoms with Gasteiger partial charge in [0.25, 0.3) is 21.2 Å². The SMILES string of the molecule is Nc1nc2c(ncn2[C@@H]2O[C@@H]3COP(=O)([O-])O[C@H]4[C@H]5OC[C@]4(COP(=O)([O-])O[C@@H]2[C@@H]3O)O[C@H]5n2cnc3c(N)ncnc32)c(=O)[nH]1. The average Bonchev–Trinajstić information content (AvgIpc) is 3.80. The minimum absolute atomic E-state index is 0.0714. The normalized spacial score (nSPS) is 39.7. The Balaban J connectivity index is 1.14. The number of nitrogen functional groups attached to an aromatic ring is 2. The third kappa shape index (κ3) is 4.67. The van der Waals surface area contributed by atoms with Crippen molar-refractivity contribution >= 4 is 49.7 Å². The maximum absolute atomic E-state index is 13.3. The number of hydrogen-bond donors (Lipinski definition) is 4. The maximum atomic E-state index is 13.3. The second-order valence-electron chi connectivity index (χ2n) is 10.8. The van der Waals surface area contributed by atoms with E-state index >= 15 is 0 Å². The lowest BCUT2D eigenvalue weighted by molar-refractivity contribution is -0.247. The molecule has 25 heteroatoms. The number of nitrogens with zero attached hydrogens (tertiary/aromatic N) is 7. The molecular formula is C21H22N10O13P2-2. The van der Waals surface area contributed by atoms with E-state index in [0.29, 0.717) is 0 Å². The summed E-state index contributed by atoms with van der Waals surface area (Å²) in [5, 5.41) is 11.0. The number of H-pyrrole nitrogens is 1. The third-order valence-electron chi connectivity index (χ3n) is 8.03. The first-order chi connectivity index (χ1) is 21.8. The molecule has 8 heterocycles. The molecule has 2 unspecified atom stereocenters. The van der Waals surface area contributed by atoms with E-state index in [2.05, 4.69) is 29.9 Å². The Morgan fingerprint density at radius 2 is 1.70 bits per heavy atom. The molecule has 23 nitrogen and oxygen atoms in total. The molecule has 4 aliphatic rings. The highest BCUT2D eigenvalue weighted by Gasteiger charge is 2.65. The summed E-state index contributed by atoms with van der Waals surface area (Å²) in [4.78, 5) is 61.2. The molecule has 46 heavy (non-hydrogen) atoms. The minimum atomic E-state index is -5.37. The first-order valence-electron chi connectivity index (χ1n) is 13.4. The summed E-state index contributed by atoms with van der Waals surface area (Å²) in [5.74, 6) is -0.220. The second-order valence-corrected chi connectivity index (χ2v) is 13.5. The predicted octanol–water partition coefficient (Wildman–Crippen LogP) is -3.20. The van der Waals surface area contributed by atoms with Crippen molar-refractivity contribution in [1.82, 2.24) is 39.0 Å². The molecule has 4 fully saturated rings. The van der Waals surface area contributed by atoms with Crippen LogP contribution < -0.4 is 26.8 Å². The van der Waals surface area contributed by atoms with Crippen LogP contribution in [0.4, 0.5) is 11.8 Å². The molecule has 0 aliphatic carbocycles. The quantitative estimate of drug-likeness (QED) is 0.151. The van der Waals surface area contributed by atoms with Gasteiger partial charge in [-0.05, 0) is 0 Å². The zero-order valence-corrected chi connectivity index (χ0v) is 24.7. The summed E-state index contributed by atoms with van der Waals surface area (Å²) in [6.07, 6.45) is -6.81. The van der Waals surface area contributed by atoms with Crippen LogP contribution in [0.5, 0.6) is 0 Å². The van der Waals surface area contributed by atoms with Gasteiger partial charge >= 0.3 is 0 Å². The zero-order chi connectivity index (χ0) is 32.2. The van der Waals surface area contributed by atoms with Crippen molar-refractivity contribution in [1.29, 1.82) is 0 Å². The lowest BCUT2D eigenvalue weighted by atomic mass is 10.0. The molecular weight excluding hydrogens is 662 g/mol. The highest BCUT2D eigenvalue weighted by Crippen LogP contribution is 2.56. The van der Waals surface area contributed by atoms with Gasteiger partial charge in [0.1, 0.15) is 48.0 Å². The summed E-state index contributed by atoms with van der Waals surface area (Å²) in [6.45, 7) is -2.05. The summed E-state index contributed by atoms with van der Waals surface area (Å²) in [5.41, 5.74) is 9.13. The fraction of sp³-hybridized carbons (Fsp3) is 0.524. The first kappa shape index (κ1) is 29.9. The molecule has 4 aliphatic heterocycles. The molecule has 4 aromatic rings. The lowest BCUT2D eigenvalue weighted by Crippen LogP contribution is -2.46. The Hall–Kier alpha value is -3.44. The number of nitrogens with one attached hydrogen (secondary N) is 1. The van der Waals surface area contributed by atoms with E-state index in [1.165, 1.54) is 17.2 Å². The van der Waals surface area contributed by atoms with E-state index in [0.717, 1.165) is 10.9 Å². The largest absolute Gasteiger partial charge is 0.756 e. The zero-order valence-electron chi connectivity index (χ0n) is 22.9. The lowest BCUT2D eigenvalue weighted by Gasteiger charge is -2.36. The summed E-state index contributed by atoms with van der Waals surface area (Å²) in [6, 6.07) is 0. The van der Waals surface area contributed by atoms with Gasteiger partial charge in [-0.3, -0.25) is 28.0 Å². The molecule has 4 bridgehead atoms. The van der Waals surface area contributed by atoms with Gasteiger partial charge in [0.05, 0.1) is 32.5 Å². The first-order valence-corrected chi connectivity index (χ1v) is 16.3. The number of nitrogens with two attached hydrogens (primary N) is 2. The molecule has 0 spiro atoms. The van der Waals surface area contributed by atoms with E-state index in [4.69, 9.17) is 43.8 Å². The van der Waals surface area contributed by atoms with Crippen LogP contribution >= 0.6 is 15.6 Å². The van der Waals surface area contributed by atoms with Crippen LogP contribution in [0.15, 0.2) is 23.8 Å². The summed E-state index contributed by atoms with van der Waals surface area (Å²) < 4.78 is 67.7. The Kier molecular flexibility index (Phi) is 6.69. The fourth-order valence-electron chi connectivity index (χ4n) is 5.96. The van der Waals surface area contributed by atoms with Crippen molar-refractivity contribution in [2.24, 2.45) is 0 Å². The minimum Gasteiger partial charge on any atom is -0.756 e. The van der Waals surface area contributed by atoms with E-state index in [-0.39, 0.29) is 40.7 Å². The smallest absolute Gasteiger partial charge is 0.280 e. The number of rotatable bonds is 2. The highest BCUT2D eigenvalue weighted by atomic mass is 31.2. The van der Waals surface area contributed by atoms with Gasteiger partial charge in [0.2, 0.25) is 5.95 Å². The Morgan fingerprint density at radius 1 is 0.957 bits per heavy atom. The highest BCUT2D eigenvalue weighted by molar-refractivity contribution is 7.46. The maximum Gasteiger partial charge on any atom is 0.280 e. The molecule has 10 atom stereocenters. The molecule has 4 saturated heterocycles. The van der Waals surface area contributed by atoms with E-state index in [9.17, 15) is 28.8 Å². The number of aromatic nitrogens is 8. The van der Waals surface area contributed by atoms with Crippen LogP contribution in [0.1, 0.15) is 12.5 Å². The van der Waals surface area contributed by atoms with Crippen molar-refractivity contribution in [3.8, 4) is 0 Å². The van der Waals surface area contributed by atoms with Gasteiger partial charge in [-0.15, -0.1) is 0 Å². The number of aliphatic hydroxyl groups is 1. The standard InChI is InChI=1S/C21H24N10O13P2/c22-14-8-15(25-4-24-14)30(5-26-8)19-12-13-21(42-19,2-38-12)3-40-46(36,37)43-11-10(32)7(1-39-45(34,35)44-13)41-18(11)31-6-27-9-16(31)28-20(23)29-17(9)33/h4-7,10-13,18-19,32H,1-3H2,(H,34,35)(H,36,37)(H2,22,24,25)(H3,23,28,29,33)/p-2/t7-,10-,11-,12-,13+,18-,19-,21-/m1/s1. The van der Waals surface area contributed by atoms with Gasteiger partial charge in [0.15, 0.2) is 35.1 Å². The topological polar surface area (TPSA) is 324 Å². The van der Waals surface area contributed by atoms with Crippen molar-refractivity contribution in [3.05, 3.63) is 29.3 Å². The summed E-state index contributed by atoms with van der Waals surface area (Å²) in [7, 11) is -10.6. The summed E-state index contributed by atoms with van der Waals surface area (Å²) >= 11 is 0. The molecule has 0 saturated carbocycles. The Labute approximate surface area is 254 Å². The van der Waals surface area contributed by atoms with Crippen LogP contribution in [0, 0.1) is 0 Å². The number of imidazole rings is 2. The van der Waals surface area contributed by atoms with Crippen LogP contribution in [0.2, 0.25) is 0 Å². The number of fused-ring (bicyclic) bond motifs is 4. The second kappa shape index (κ2) is 10.3. The van der Waals surface area contributed by atoms with Crippen molar-refractivity contribution in [3.63, 3.8) is 0 Å². The van der Waals surface area contributed by atoms with Crippen LogP contribution in [0.3, 0.4) is 0 Å². The van der Waals surface area contributed by atoms with Gasteiger partial charge in [-0.1, -0.05) is 0 Å². The number of aromatic amines is 1. The number of aliphatic hydroxyl groups excluding tert-OH is 1. The number of ether oxygens (including phenoxy) is 3. The van der Waals surface area contributed by atoms with E-state index < -0.39 is 83.0 Å². The number of hydrogen-bond acceptors (Lipinski definition) is 20. The van der Waals surface area contributed by atoms with E-state index in [1.807, 2.05) is 0 Å². The molecule has 6 N–H and O–H groups in total. The van der Waals surface area contributed by atoms with Crippen LogP contribution in [-0.2, 0) is 41.4 Å². The van der Waals surface area contributed by atoms with Crippen LogP contribution in [0.25, 0.3) is 22.3 Å². The van der Waals surface area contributed by atoms with Gasteiger partial charge in [-0.2, -0.15) is 4.98 Å². The fourth-order valence-corrected chi connectivity index (χ4v) is 7.90. The van der Waals surface area contributed by atoms with Crippen molar-refractivity contribution in [2.75, 3.05) is 31.3 Å². The number of phosphoric ester groups is 2. The van der Waals surface area contributed by atoms with Crippen molar-refractivity contribution in [2.45, 2.75) is 48.6 Å². The number of phosphoric acid groups is 2. The van der Waals surface area contributed by atoms with Gasteiger partial charge in [-0.25, -0.2) is 19.9 Å². The van der Waals surface area contributed by atoms with E-state index in [1.54, 1.807) is 0 Å². The molecule has 0 aromatic carbocycles. The molecule has 8 rings (SSSR count). The number of anilines is 2. The van der Waals surface area contributed by atoms with Gasteiger partial charge < -0.3 is 58.7 Å². The van der Waals surface area contributed by atoms with Crippen LogP contribution in [-0.4, -0.2) is 100 Å². The Bertz CT molecular complexity index is 2020. The monoisotopic (exact) mass is 684 g/mol. The predicted molar refractivity (Wildman–Crippen MR) is 142 cm³/mol. The van der Waals surface area contributed by atoms with Gasteiger partial charge in [0, 0.05) is 0 Å². The third-order valence-corrected chi connectivity index (χ3v) is 9.93. The molecule has 0 radical (unpaired) electrons. The average molecular weight is 684 g/mol. The van der Waals surface area contributed by atoms with Crippen molar-refractivity contribution < 1.29 is 56.3 Å². The molecule has 246 valence electrons.